The van der Waals surface area contributed by atoms with Crippen molar-refractivity contribution in [3.05, 3.63) is 33.4 Å². The highest BCUT2D eigenvalue weighted by molar-refractivity contribution is 14.1. The summed E-state index contributed by atoms with van der Waals surface area (Å²) in [6, 6.07) is 7.37. The number of nitrogens with two attached hydrogens (primary N) is 1. The molecule has 0 radical (unpaired) electrons. The summed E-state index contributed by atoms with van der Waals surface area (Å²) in [6.07, 6.45) is -0.900. The van der Waals surface area contributed by atoms with Crippen LogP contribution >= 0.6 is 22.6 Å². The molecule has 6 heteroatoms. The van der Waals surface area contributed by atoms with Crippen molar-refractivity contribution < 1.29 is 19.1 Å². The van der Waals surface area contributed by atoms with E-state index in [4.69, 9.17) is 15.2 Å². The third-order valence-electron chi connectivity index (χ3n) is 2.74. The maximum Gasteiger partial charge on any atom is 0.309 e. The minimum Gasteiger partial charge on any atom is -0.460 e. The summed E-state index contributed by atoms with van der Waals surface area (Å²) in [5, 5.41) is 0. The van der Waals surface area contributed by atoms with Gasteiger partial charge in [-0.15, -0.1) is 0 Å². The molecule has 2 N–H and O–H groups in total. The zero-order valence-corrected chi connectivity index (χ0v) is 15.4. The number of benzene rings is 1. The van der Waals surface area contributed by atoms with Gasteiger partial charge in [-0.3, -0.25) is 15.3 Å². The van der Waals surface area contributed by atoms with E-state index in [-0.39, 0.29) is 6.42 Å². The third kappa shape index (κ3) is 6.74. The third-order valence-corrected chi connectivity index (χ3v) is 3.46. The summed E-state index contributed by atoms with van der Waals surface area (Å²) >= 11 is 2.18. The average Bonchev–Trinajstić information content (AvgIpc) is 2.37. The minimum atomic E-state index is -0.838. The van der Waals surface area contributed by atoms with E-state index in [0.717, 1.165) is 3.57 Å². The predicted molar refractivity (Wildman–Crippen MR) is 91.8 cm³/mol. The largest absolute Gasteiger partial charge is 0.460 e. The Morgan fingerprint density at radius 2 is 1.77 bits per heavy atom. The molecule has 0 aliphatic heterocycles. The molecule has 1 aromatic carbocycles. The molecule has 0 fully saturated rings. The van der Waals surface area contributed by atoms with E-state index in [0.29, 0.717) is 5.56 Å². The van der Waals surface area contributed by atoms with E-state index in [2.05, 4.69) is 22.6 Å². The lowest BCUT2D eigenvalue weighted by Crippen LogP contribution is -2.29. The molecule has 0 saturated carbocycles. The molecule has 2 atom stereocenters. The number of rotatable bonds is 5. The van der Waals surface area contributed by atoms with Crippen molar-refractivity contribution in [3.8, 4) is 0 Å². The molecule has 1 aromatic rings. The Morgan fingerprint density at radius 3 is 2.27 bits per heavy atom. The quantitative estimate of drug-likeness (QED) is 0.451. The molecular weight excluding hydrogens is 397 g/mol. The minimum absolute atomic E-state index is 0.0625. The van der Waals surface area contributed by atoms with Crippen LogP contribution in [-0.2, 0) is 19.1 Å². The molecule has 0 bridgehead atoms. The molecule has 0 amide bonds. The highest BCUT2D eigenvalue weighted by Crippen LogP contribution is 2.17. The smallest absolute Gasteiger partial charge is 0.309 e. The second-order valence-electron chi connectivity index (χ2n) is 6.10. The van der Waals surface area contributed by atoms with Crippen molar-refractivity contribution in [1.29, 1.82) is 0 Å². The number of ether oxygens (including phenoxy) is 2. The molecule has 0 spiro atoms. The summed E-state index contributed by atoms with van der Waals surface area (Å²) in [4.78, 5) is 23.7. The first-order valence-electron chi connectivity index (χ1n) is 7.02. The van der Waals surface area contributed by atoms with Gasteiger partial charge in [0, 0.05) is 9.13 Å². The van der Waals surface area contributed by atoms with Crippen LogP contribution in [0.15, 0.2) is 24.3 Å². The second kappa shape index (κ2) is 7.92. The van der Waals surface area contributed by atoms with Crippen molar-refractivity contribution in [2.75, 3.05) is 0 Å². The first-order chi connectivity index (χ1) is 10.1. The number of halogens is 1. The first-order valence-corrected chi connectivity index (χ1v) is 8.10. The van der Waals surface area contributed by atoms with Crippen molar-refractivity contribution in [2.45, 2.75) is 45.9 Å². The summed E-state index contributed by atoms with van der Waals surface area (Å²) in [5.41, 5.74) is 5.97. The molecule has 5 nitrogen and oxygen atoms in total. The van der Waals surface area contributed by atoms with E-state index >= 15 is 0 Å². The van der Waals surface area contributed by atoms with Gasteiger partial charge in [0.1, 0.15) is 5.60 Å². The van der Waals surface area contributed by atoms with Crippen LogP contribution in [0.4, 0.5) is 0 Å². The van der Waals surface area contributed by atoms with Gasteiger partial charge in [-0.05, 0) is 55.5 Å². The van der Waals surface area contributed by atoms with Gasteiger partial charge in [-0.25, -0.2) is 0 Å². The lowest BCUT2D eigenvalue weighted by Gasteiger charge is -2.22. The van der Waals surface area contributed by atoms with Gasteiger partial charge in [-0.1, -0.05) is 19.1 Å². The van der Waals surface area contributed by atoms with Gasteiger partial charge in [0.2, 0.25) is 0 Å². The van der Waals surface area contributed by atoms with Crippen LogP contribution in [0.2, 0.25) is 0 Å². The normalized spacial score (nSPS) is 14.1. The Kier molecular flexibility index (Phi) is 6.80. The highest BCUT2D eigenvalue weighted by atomic mass is 127. The van der Waals surface area contributed by atoms with E-state index in [1.54, 1.807) is 39.8 Å². The number of esters is 2. The maximum absolute atomic E-state index is 11.9. The van der Waals surface area contributed by atoms with Gasteiger partial charge in [0.25, 0.3) is 0 Å². The fourth-order valence-electron chi connectivity index (χ4n) is 1.65. The summed E-state index contributed by atoms with van der Waals surface area (Å²) in [5.74, 6) is -1.52. The zero-order chi connectivity index (χ0) is 16.9. The lowest BCUT2D eigenvalue weighted by molar-refractivity contribution is -0.164. The van der Waals surface area contributed by atoms with Crippen molar-refractivity contribution in [2.24, 2.45) is 11.7 Å². The Labute approximate surface area is 144 Å². The van der Waals surface area contributed by atoms with E-state index in [9.17, 15) is 9.59 Å². The number of hydrogen-bond acceptors (Lipinski definition) is 5. The van der Waals surface area contributed by atoms with Crippen molar-refractivity contribution in [3.63, 3.8) is 0 Å². The van der Waals surface area contributed by atoms with Crippen LogP contribution < -0.4 is 5.73 Å². The molecule has 0 aromatic heterocycles. The van der Waals surface area contributed by atoms with Gasteiger partial charge in [0.05, 0.1) is 12.3 Å². The fraction of sp³-hybridized carbons (Fsp3) is 0.500. The summed E-state index contributed by atoms with van der Waals surface area (Å²) < 4.78 is 11.4. The number of carbonyl (C=O) groups excluding carboxylic acids is 2. The Bertz CT molecular complexity index is 522. The molecule has 22 heavy (non-hydrogen) atoms. The van der Waals surface area contributed by atoms with Crippen LogP contribution in [0.1, 0.15) is 45.9 Å². The molecule has 0 heterocycles. The molecule has 1 rings (SSSR count). The van der Waals surface area contributed by atoms with Gasteiger partial charge >= 0.3 is 11.9 Å². The van der Waals surface area contributed by atoms with E-state index < -0.39 is 29.7 Å². The average molecular weight is 419 g/mol. The molecule has 0 aliphatic carbocycles. The Hall–Kier alpha value is -1.15. The Balaban J connectivity index is 2.51. The molecule has 0 saturated heterocycles. The molecule has 122 valence electrons. The molecule has 0 aliphatic rings. The highest BCUT2D eigenvalue weighted by Gasteiger charge is 2.25. The van der Waals surface area contributed by atoms with Gasteiger partial charge in [0.15, 0.2) is 6.23 Å². The van der Waals surface area contributed by atoms with Gasteiger partial charge < -0.3 is 9.47 Å². The van der Waals surface area contributed by atoms with Crippen LogP contribution in [-0.4, -0.2) is 17.5 Å². The van der Waals surface area contributed by atoms with E-state index in [1.807, 2.05) is 12.1 Å². The van der Waals surface area contributed by atoms with Crippen molar-refractivity contribution >= 4 is 34.5 Å². The molecular formula is C16H22INO4. The fourth-order valence-corrected chi connectivity index (χ4v) is 2.01. The van der Waals surface area contributed by atoms with Crippen molar-refractivity contribution in [1.82, 2.24) is 0 Å². The van der Waals surface area contributed by atoms with Crippen LogP contribution in [0.5, 0.6) is 0 Å². The Morgan fingerprint density at radius 1 is 1.23 bits per heavy atom. The van der Waals surface area contributed by atoms with Crippen LogP contribution in [0, 0.1) is 9.49 Å². The zero-order valence-electron chi connectivity index (χ0n) is 13.3. The molecule has 2 unspecified atom stereocenters. The number of carbonyl (C=O) groups is 2. The SMILES string of the molecule is CC(CC(=O)OC(N)c1ccc(I)cc1)C(=O)OC(C)(C)C. The monoisotopic (exact) mass is 419 g/mol. The van der Waals surface area contributed by atoms with E-state index in [1.165, 1.54) is 0 Å². The first kappa shape index (κ1) is 18.9. The lowest BCUT2D eigenvalue weighted by atomic mass is 10.1. The second-order valence-corrected chi connectivity index (χ2v) is 7.35. The summed E-state index contributed by atoms with van der Waals surface area (Å²) in [6.45, 7) is 6.97. The van der Waals surface area contributed by atoms with Crippen LogP contribution in [0.3, 0.4) is 0 Å². The van der Waals surface area contributed by atoms with Crippen LogP contribution in [0.25, 0.3) is 0 Å². The van der Waals surface area contributed by atoms with Gasteiger partial charge in [-0.2, -0.15) is 0 Å². The maximum atomic E-state index is 11.9. The predicted octanol–water partition coefficient (Wildman–Crippen LogP) is 3.16. The summed E-state index contributed by atoms with van der Waals surface area (Å²) in [7, 11) is 0. The standard InChI is InChI=1S/C16H22INO4/c1-10(15(20)22-16(2,3)4)9-13(19)21-14(18)11-5-7-12(17)8-6-11/h5-8,10,14H,9,18H2,1-4H3. The topological polar surface area (TPSA) is 78.6 Å². The number of hydrogen-bond donors (Lipinski definition) is 1.